The Morgan fingerprint density at radius 1 is 1.28 bits per heavy atom. The largest absolute Gasteiger partial charge is 0.381 e. The Bertz CT molecular complexity index is 943. The summed E-state index contributed by atoms with van der Waals surface area (Å²) >= 11 is 1.40. The van der Waals surface area contributed by atoms with Gasteiger partial charge in [-0.15, -0.1) is 5.10 Å². The van der Waals surface area contributed by atoms with Crippen LogP contribution in [0.2, 0.25) is 0 Å². The fraction of sp³-hybridized carbons (Fsp3) is 0.389. The number of aromatic nitrogens is 3. The molecule has 0 spiro atoms. The smallest absolute Gasteiger partial charge is 0.275 e. The van der Waals surface area contributed by atoms with Crippen molar-refractivity contribution in [2.45, 2.75) is 25.2 Å². The molecule has 1 aliphatic heterocycles. The van der Waals surface area contributed by atoms with Crippen molar-refractivity contribution in [2.75, 3.05) is 25.1 Å². The van der Waals surface area contributed by atoms with Crippen LogP contribution in [-0.4, -0.2) is 34.4 Å². The van der Waals surface area contributed by atoms with Gasteiger partial charge in [-0.05, 0) is 30.9 Å². The lowest BCUT2D eigenvalue weighted by atomic mass is 9.72. The van der Waals surface area contributed by atoms with Crippen LogP contribution in [0.25, 0.3) is 4.96 Å². The summed E-state index contributed by atoms with van der Waals surface area (Å²) in [5.41, 5.74) is 2.52. The van der Waals surface area contributed by atoms with Crippen LogP contribution < -0.4 is 10.9 Å². The molecule has 1 fully saturated rings. The van der Waals surface area contributed by atoms with Gasteiger partial charge in [0.2, 0.25) is 10.1 Å². The highest BCUT2D eigenvalue weighted by Gasteiger charge is 2.35. The fourth-order valence-corrected chi connectivity index (χ4v) is 4.30. The number of anilines is 1. The van der Waals surface area contributed by atoms with Crippen molar-refractivity contribution in [2.24, 2.45) is 0 Å². The summed E-state index contributed by atoms with van der Waals surface area (Å²) in [5, 5.41) is 8.53. The molecule has 4 rings (SSSR count). The molecule has 25 heavy (non-hydrogen) atoms. The van der Waals surface area contributed by atoms with E-state index in [9.17, 15) is 4.79 Å². The molecule has 0 unspecified atom stereocenters. The molecule has 0 saturated carbocycles. The Balaban J connectivity index is 1.64. The highest BCUT2D eigenvalue weighted by molar-refractivity contribution is 7.20. The van der Waals surface area contributed by atoms with Crippen LogP contribution in [0.3, 0.4) is 0 Å². The first-order valence-corrected chi connectivity index (χ1v) is 9.22. The van der Waals surface area contributed by atoms with Crippen molar-refractivity contribution < 1.29 is 4.74 Å². The maximum atomic E-state index is 11.8. The number of nitrogens with zero attached hydrogens (tertiary/aromatic N) is 3. The highest BCUT2D eigenvalue weighted by Crippen LogP contribution is 2.37. The van der Waals surface area contributed by atoms with Crippen LogP contribution in [0, 0.1) is 6.92 Å². The summed E-state index contributed by atoms with van der Waals surface area (Å²) in [7, 11) is 0. The second kappa shape index (κ2) is 6.57. The normalized spacial score (nSPS) is 16.8. The van der Waals surface area contributed by atoms with Crippen LogP contribution in [0.4, 0.5) is 5.13 Å². The molecule has 6 nitrogen and oxygen atoms in total. The molecule has 0 atom stereocenters. The Morgan fingerprint density at radius 3 is 2.84 bits per heavy atom. The van der Waals surface area contributed by atoms with Crippen LogP contribution in [0.1, 0.15) is 24.0 Å². The zero-order chi connectivity index (χ0) is 17.3. The van der Waals surface area contributed by atoms with Gasteiger partial charge in [0.25, 0.3) is 5.56 Å². The van der Waals surface area contributed by atoms with E-state index in [1.54, 1.807) is 0 Å². The molecule has 0 aliphatic carbocycles. The maximum Gasteiger partial charge on any atom is 0.275 e. The molecule has 0 radical (unpaired) electrons. The molecule has 7 heteroatoms. The minimum atomic E-state index is -0.158. The number of ether oxygens (including phenoxy) is 1. The van der Waals surface area contributed by atoms with Crippen LogP contribution in [-0.2, 0) is 10.2 Å². The second-order valence-electron chi connectivity index (χ2n) is 6.45. The number of aryl methyl sites for hydroxylation is 1. The van der Waals surface area contributed by atoms with Crippen LogP contribution in [0.5, 0.6) is 0 Å². The van der Waals surface area contributed by atoms with Crippen molar-refractivity contribution in [3.05, 3.63) is 58.0 Å². The summed E-state index contributed by atoms with van der Waals surface area (Å²) in [4.78, 5) is 16.7. The third-order valence-electron chi connectivity index (χ3n) is 4.92. The molecular weight excluding hydrogens is 336 g/mol. The van der Waals surface area contributed by atoms with Crippen molar-refractivity contribution in [3.8, 4) is 0 Å². The molecule has 0 bridgehead atoms. The summed E-state index contributed by atoms with van der Waals surface area (Å²) in [6.07, 6.45) is 3.45. The Labute approximate surface area is 149 Å². The predicted molar refractivity (Wildman–Crippen MR) is 98.5 cm³/mol. The molecule has 1 N–H and O–H groups in total. The van der Waals surface area contributed by atoms with E-state index in [4.69, 9.17) is 4.74 Å². The minimum Gasteiger partial charge on any atom is -0.381 e. The van der Waals surface area contributed by atoms with E-state index in [0.717, 1.165) is 37.7 Å². The monoisotopic (exact) mass is 356 g/mol. The lowest BCUT2D eigenvalue weighted by Crippen LogP contribution is -2.40. The first-order chi connectivity index (χ1) is 12.2. The molecule has 1 saturated heterocycles. The molecular formula is C18H20N4O2S. The highest BCUT2D eigenvalue weighted by atomic mass is 32.1. The van der Waals surface area contributed by atoms with Gasteiger partial charge in [0.05, 0.1) is 0 Å². The minimum absolute atomic E-state index is 0.0137. The maximum absolute atomic E-state index is 11.8. The standard InChI is InChI=1S/C18H20N4O2S/c1-13-4-2-3-5-14(13)18(7-10-24-11-8-18)12-20-16-21-22-15(23)6-9-19-17(22)25-16/h2-6,9H,7-8,10-12H2,1H3,(H,20,21). The van der Waals surface area contributed by atoms with Crippen LogP contribution >= 0.6 is 11.3 Å². The van der Waals surface area contributed by atoms with Gasteiger partial charge < -0.3 is 10.1 Å². The second-order valence-corrected chi connectivity index (χ2v) is 7.40. The fourth-order valence-electron chi connectivity index (χ4n) is 3.53. The van der Waals surface area contributed by atoms with E-state index >= 15 is 0 Å². The van der Waals surface area contributed by atoms with E-state index in [1.807, 2.05) is 0 Å². The van der Waals surface area contributed by atoms with Gasteiger partial charge in [-0.1, -0.05) is 35.6 Å². The average molecular weight is 356 g/mol. The van der Waals surface area contributed by atoms with Crippen molar-refractivity contribution in [3.63, 3.8) is 0 Å². The quantitative estimate of drug-likeness (QED) is 0.778. The SMILES string of the molecule is Cc1ccccc1C1(CNc2nn3c(=O)ccnc3s2)CCOCC1. The zero-order valence-electron chi connectivity index (χ0n) is 14.1. The van der Waals surface area contributed by atoms with Crippen molar-refractivity contribution in [1.82, 2.24) is 14.6 Å². The summed E-state index contributed by atoms with van der Waals surface area (Å²) < 4.78 is 6.95. The molecule has 1 aliphatic rings. The average Bonchev–Trinajstić information content (AvgIpc) is 3.06. The first kappa shape index (κ1) is 16.2. The Morgan fingerprint density at radius 2 is 2.08 bits per heavy atom. The zero-order valence-corrected chi connectivity index (χ0v) is 14.9. The van der Waals surface area contributed by atoms with Gasteiger partial charge in [-0.25, -0.2) is 4.98 Å². The molecule has 3 heterocycles. The van der Waals surface area contributed by atoms with E-state index < -0.39 is 0 Å². The molecule has 0 amide bonds. The summed E-state index contributed by atoms with van der Waals surface area (Å²) in [6, 6.07) is 9.97. The lowest BCUT2D eigenvalue weighted by molar-refractivity contribution is 0.0542. The van der Waals surface area contributed by atoms with E-state index in [1.165, 1.54) is 39.2 Å². The molecule has 1 aromatic carbocycles. The van der Waals surface area contributed by atoms with Gasteiger partial charge in [0, 0.05) is 37.4 Å². The third kappa shape index (κ3) is 3.05. The first-order valence-electron chi connectivity index (χ1n) is 8.41. The van der Waals surface area contributed by atoms with Gasteiger partial charge in [-0.3, -0.25) is 4.79 Å². The van der Waals surface area contributed by atoms with Crippen LogP contribution in [0.15, 0.2) is 41.3 Å². The topological polar surface area (TPSA) is 68.5 Å². The number of fused-ring (bicyclic) bond motifs is 1. The van der Waals surface area contributed by atoms with Crippen molar-refractivity contribution >= 4 is 21.4 Å². The summed E-state index contributed by atoms with van der Waals surface area (Å²) in [6.45, 7) is 4.44. The number of benzene rings is 1. The van der Waals surface area contributed by atoms with E-state index in [0.29, 0.717) is 4.96 Å². The lowest BCUT2D eigenvalue weighted by Gasteiger charge is -2.38. The molecule has 3 aromatic rings. The van der Waals surface area contributed by atoms with Gasteiger partial charge in [0.1, 0.15) is 0 Å². The van der Waals surface area contributed by atoms with Crippen molar-refractivity contribution in [1.29, 1.82) is 0 Å². The number of hydrogen-bond acceptors (Lipinski definition) is 6. The molecule has 2 aromatic heterocycles. The third-order valence-corrected chi connectivity index (χ3v) is 5.80. The van der Waals surface area contributed by atoms with Gasteiger partial charge in [-0.2, -0.15) is 4.52 Å². The Kier molecular flexibility index (Phi) is 4.27. The molecule has 130 valence electrons. The van der Waals surface area contributed by atoms with Gasteiger partial charge in [0.15, 0.2) is 0 Å². The number of hydrogen-bond donors (Lipinski definition) is 1. The summed E-state index contributed by atoms with van der Waals surface area (Å²) in [5.74, 6) is 0. The Hall–Kier alpha value is -2.25. The van der Waals surface area contributed by atoms with E-state index in [2.05, 4.69) is 46.6 Å². The predicted octanol–water partition coefficient (Wildman–Crippen LogP) is 2.62. The van der Waals surface area contributed by atoms with E-state index in [-0.39, 0.29) is 11.0 Å². The number of nitrogens with one attached hydrogen (secondary N) is 1. The number of rotatable bonds is 4. The van der Waals surface area contributed by atoms with Gasteiger partial charge >= 0.3 is 0 Å².